The van der Waals surface area contributed by atoms with Crippen molar-refractivity contribution in [1.29, 1.82) is 0 Å². The van der Waals surface area contributed by atoms with Gasteiger partial charge in [-0.25, -0.2) is 4.79 Å². The number of carbonyl (C=O) groups excluding carboxylic acids is 4. The lowest BCUT2D eigenvalue weighted by molar-refractivity contribution is -0.144. The maximum Gasteiger partial charge on any atom is 0.408 e. The Morgan fingerprint density at radius 2 is 1.70 bits per heavy atom. The molecule has 0 saturated carbocycles. The molecule has 0 spiro atoms. The van der Waals surface area contributed by atoms with Crippen LogP contribution in [-0.2, 0) is 23.9 Å². The molecule has 0 fully saturated rings. The molecule has 0 heterocycles. The molecule has 33 heavy (non-hydrogen) atoms. The number of phenols is 1. The van der Waals surface area contributed by atoms with E-state index in [1.165, 1.54) is 36.1 Å². The van der Waals surface area contributed by atoms with E-state index in [4.69, 9.17) is 9.47 Å². The third-order valence-corrected chi connectivity index (χ3v) is 4.43. The number of ether oxygens (including phenoxy) is 2. The molecule has 0 aromatic heterocycles. The quantitative estimate of drug-likeness (QED) is 0.451. The molecule has 1 aromatic rings. The number of aromatic hydroxyl groups is 1. The van der Waals surface area contributed by atoms with Gasteiger partial charge >= 0.3 is 12.1 Å². The Balaban J connectivity index is 3.06. The van der Waals surface area contributed by atoms with Crippen molar-refractivity contribution in [2.45, 2.75) is 65.6 Å². The molecule has 0 saturated heterocycles. The monoisotopic (exact) mass is 465 g/mol. The van der Waals surface area contributed by atoms with E-state index in [9.17, 15) is 24.3 Å². The lowest BCUT2D eigenvalue weighted by atomic mass is 10.0. The van der Waals surface area contributed by atoms with Crippen molar-refractivity contribution in [1.82, 2.24) is 15.5 Å². The van der Waals surface area contributed by atoms with Crippen LogP contribution in [0.5, 0.6) is 5.75 Å². The van der Waals surface area contributed by atoms with E-state index in [0.717, 1.165) is 0 Å². The van der Waals surface area contributed by atoms with Crippen LogP contribution in [0.3, 0.4) is 0 Å². The van der Waals surface area contributed by atoms with Gasteiger partial charge in [0.25, 0.3) is 0 Å². The van der Waals surface area contributed by atoms with Gasteiger partial charge < -0.3 is 30.1 Å². The topological polar surface area (TPSA) is 134 Å². The Labute approximate surface area is 194 Å². The van der Waals surface area contributed by atoms with Gasteiger partial charge in [0.2, 0.25) is 11.8 Å². The van der Waals surface area contributed by atoms with Crippen molar-refractivity contribution in [2.75, 3.05) is 19.7 Å². The van der Waals surface area contributed by atoms with Gasteiger partial charge in [0, 0.05) is 13.1 Å². The summed E-state index contributed by atoms with van der Waals surface area (Å²) in [5.74, 6) is -1.45. The van der Waals surface area contributed by atoms with Crippen LogP contribution in [0.15, 0.2) is 24.3 Å². The zero-order valence-electron chi connectivity index (χ0n) is 20.1. The number of alkyl carbamates (subject to hydrolysis) is 1. The van der Waals surface area contributed by atoms with Crippen molar-refractivity contribution >= 4 is 23.9 Å². The first-order chi connectivity index (χ1) is 15.4. The second kappa shape index (κ2) is 12.7. The van der Waals surface area contributed by atoms with Crippen molar-refractivity contribution < 1.29 is 33.8 Å². The number of hydrogen-bond donors (Lipinski definition) is 3. The molecule has 1 rings (SSSR count). The fraction of sp³-hybridized carbons (Fsp3) is 0.565. The van der Waals surface area contributed by atoms with E-state index >= 15 is 0 Å². The maximum absolute atomic E-state index is 13.2. The largest absolute Gasteiger partial charge is 0.508 e. The summed E-state index contributed by atoms with van der Waals surface area (Å²) in [5.41, 5.74) is -0.272. The van der Waals surface area contributed by atoms with Gasteiger partial charge in [-0.15, -0.1) is 0 Å². The molecule has 0 aliphatic heterocycles. The molecule has 10 heteroatoms. The lowest BCUT2D eigenvalue weighted by Gasteiger charge is -2.32. The zero-order valence-corrected chi connectivity index (χ0v) is 20.1. The predicted octanol–water partition coefficient (Wildman–Crippen LogP) is 2.26. The maximum atomic E-state index is 13.2. The molecule has 184 valence electrons. The molecule has 3 amide bonds. The average molecular weight is 466 g/mol. The third-order valence-electron chi connectivity index (χ3n) is 4.43. The van der Waals surface area contributed by atoms with Crippen LogP contribution in [0, 0.1) is 0 Å². The zero-order chi connectivity index (χ0) is 25.2. The van der Waals surface area contributed by atoms with Crippen LogP contribution in [0.4, 0.5) is 4.79 Å². The third kappa shape index (κ3) is 9.38. The van der Waals surface area contributed by atoms with E-state index < -0.39 is 41.6 Å². The lowest BCUT2D eigenvalue weighted by Crippen LogP contribution is -2.52. The Morgan fingerprint density at radius 1 is 1.09 bits per heavy atom. The molecule has 2 atom stereocenters. The first kappa shape index (κ1) is 27.7. The van der Waals surface area contributed by atoms with E-state index in [1.807, 2.05) is 0 Å². The summed E-state index contributed by atoms with van der Waals surface area (Å²) in [6.45, 7) is 10.5. The van der Waals surface area contributed by atoms with Crippen molar-refractivity contribution in [2.24, 2.45) is 0 Å². The molecule has 0 aliphatic carbocycles. The van der Waals surface area contributed by atoms with Crippen LogP contribution in [0.2, 0.25) is 0 Å². The first-order valence-electron chi connectivity index (χ1n) is 10.9. The highest BCUT2D eigenvalue weighted by molar-refractivity contribution is 5.92. The molecule has 0 bridgehead atoms. The number of likely N-dealkylation sites (N-methyl/N-ethyl adjacent to an activating group) is 1. The first-order valence-corrected chi connectivity index (χ1v) is 10.9. The normalized spacial score (nSPS) is 12.8. The number of carbonyl (C=O) groups is 4. The predicted molar refractivity (Wildman–Crippen MR) is 121 cm³/mol. The Morgan fingerprint density at radius 3 is 2.21 bits per heavy atom. The second-order valence-corrected chi connectivity index (χ2v) is 8.33. The van der Waals surface area contributed by atoms with Gasteiger partial charge in [0.1, 0.15) is 23.4 Å². The van der Waals surface area contributed by atoms with Crippen LogP contribution >= 0.6 is 0 Å². The molecule has 2 unspecified atom stereocenters. The standard InChI is InChI=1S/C23H35N3O7/c1-7-26(21(30)15(3)25-22(31)33-23(4,5)6)19(16-9-11-17(27)12-10-16)20(29)24-14-13-18(28)32-8-2/h9-12,15,19,27H,7-8,13-14H2,1-6H3,(H,24,29)(H,25,31). The minimum atomic E-state index is -1.05. The Kier molecular flexibility index (Phi) is 10.6. The summed E-state index contributed by atoms with van der Waals surface area (Å²) in [7, 11) is 0. The molecule has 0 radical (unpaired) electrons. The number of amides is 3. The fourth-order valence-electron chi connectivity index (χ4n) is 3.01. The number of phenolic OH excluding ortho intramolecular Hbond substituents is 1. The summed E-state index contributed by atoms with van der Waals surface area (Å²) in [4.78, 5) is 51.2. The number of rotatable bonds is 10. The number of nitrogens with one attached hydrogen (secondary N) is 2. The SMILES string of the molecule is CCOC(=O)CCNC(=O)C(c1ccc(O)cc1)N(CC)C(=O)C(C)NC(=O)OC(C)(C)C. The summed E-state index contributed by atoms with van der Waals surface area (Å²) in [6.07, 6.45) is -0.766. The number of nitrogens with zero attached hydrogens (tertiary/aromatic N) is 1. The van der Waals surface area contributed by atoms with Gasteiger partial charge in [-0.3, -0.25) is 14.4 Å². The molecule has 10 nitrogen and oxygen atoms in total. The minimum absolute atomic E-state index is 0.00885. The van der Waals surface area contributed by atoms with Gasteiger partial charge in [-0.05, 0) is 59.2 Å². The highest BCUT2D eigenvalue weighted by Gasteiger charge is 2.33. The van der Waals surface area contributed by atoms with Crippen LogP contribution < -0.4 is 10.6 Å². The Hall–Kier alpha value is -3.30. The molecule has 3 N–H and O–H groups in total. The summed E-state index contributed by atoms with van der Waals surface area (Å²) in [6, 6.07) is 3.88. The second-order valence-electron chi connectivity index (χ2n) is 8.33. The van der Waals surface area contributed by atoms with Gasteiger partial charge in [0.05, 0.1) is 13.0 Å². The van der Waals surface area contributed by atoms with Gasteiger partial charge in [0.15, 0.2) is 0 Å². The summed E-state index contributed by atoms with van der Waals surface area (Å²) >= 11 is 0. The number of hydrogen-bond acceptors (Lipinski definition) is 7. The highest BCUT2D eigenvalue weighted by Crippen LogP contribution is 2.24. The average Bonchev–Trinajstić information content (AvgIpc) is 2.71. The van der Waals surface area contributed by atoms with Gasteiger partial charge in [-0.2, -0.15) is 0 Å². The van der Waals surface area contributed by atoms with E-state index in [2.05, 4.69) is 10.6 Å². The van der Waals surface area contributed by atoms with Crippen LogP contribution in [0.1, 0.15) is 59.6 Å². The Bertz CT molecular complexity index is 818. The fourth-order valence-corrected chi connectivity index (χ4v) is 3.01. The molecule has 1 aromatic carbocycles. The van der Waals surface area contributed by atoms with Crippen LogP contribution in [0.25, 0.3) is 0 Å². The van der Waals surface area contributed by atoms with Crippen LogP contribution in [-0.4, -0.2) is 65.2 Å². The summed E-state index contributed by atoms with van der Waals surface area (Å²) in [5, 5.41) is 14.8. The van der Waals surface area contributed by atoms with Crippen molar-refractivity contribution in [3.05, 3.63) is 29.8 Å². The van der Waals surface area contributed by atoms with E-state index in [-0.39, 0.29) is 31.9 Å². The van der Waals surface area contributed by atoms with Crippen molar-refractivity contribution in [3.63, 3.8) is 0 Å². The number of benzene rings is 1. The summed E-state index contributed by atoms with van der Waals surface area (Å²) < 4.78 is 10.1. The number of esters is 1. The van der Waals surface area contributed by atoms with Gasteiger partial charge in [-0.1, -0.05) is 12.1 Å². The highest BCUT2D eigenvalue weighted by atomic mass is 16.6. The van der Waals surface area contributed by atoms with Crippen molar-refractivity contribution in [3.8, 4) is 5.75 Å². The smallest absolute Gasteiger partial charge is 0.408 e. The molecule has 0 aliphatic rings. The van der Waals surface area contributed by atoms with E-state index in [0.29, 0.717) is 5.56 Å². The minimum Gasteiger partial charge on any atom is -0.508 e. The van der Waals surface area contributed by atoms with E-state index in [1.54, 1.807) is 34.6 Å². The molecular weight excluding hydrogens is 430 g/mol. The molecular formula is C23H35N3O7.